The Labute approximate surface area is 101 Å². The molecule has 0 spiro atoms. The Morgan fingerprint density at radius 3 is 2.47 bits per heavy atom. The maximum Gasteiger partial charge on any atom is 0.228 e. The first-order valence-corrected chi connectivity index (χ1v) is 5.90. The summed E-state index contributed by atoms with van der Waals surface area (Å²) >= 11 is 0. The Bertz CT molecular complexity index is 480. The van der Waals surface area contributed by atoms with Crippen LogP contribution in [0.4, 0.5) is 0 Å². The van der Waals surface area contributed by atoms with Crippen molar-refractivity contribution >= 4 is 5.78 Å². The summed E-state index contributed by atoms with van der Waals surface area (Å²) in [5, 5.41) is 0. The molecule has 1 aromatic heterocycles. The lowest BCUT2D eigenvalue weighted by Crippen LogP contribution is -2.00. The van der Waals surface area contributed by atoms with Gasteiger partial charge in [0.1, 0.15) is 0 Å². The van der Waals surface area contributed by atoms with Crippen LogP contribution in [0, 0.1) is 0 Å². The summed E-state index contributed by atoms with van der Waals surface area (Å²) in [4.78, 5) is 12.0. The largest absolute Gasteiger partial charge is 0.461 e. The number of carbonyl (C=O) groups is 1. The third-order valence-corrected chi connectivity index (χ3v) is 3.10. The highest BCUT2D eigenvalue weighted by molar-refractivity contribution is 6.07. The lowest BCUT2D eigenvalue weighted by molar-refractivity contribution is 0.101. The fourth-order valence-corrected chi connectivity index (χ4v) is 1.75. The molecule has 0 amide bonds. The average Bonchev–Trinajstić information content (AvgIpc) is 2.91. The molecule has 88 valence electrons. The molecule has 0 radical (unpaired) electrons. The molecule has 0 N–H and O–H groups in total. The zero-order chi connectivity index (χ0) is 12.3. The van der Waals surface area contributed by atoms with E-state index in [0.29, 0.717) is 17.2 Å². The summed E-state index contributed by atoms with van der Waals surface area (Å²) in [5.74, 6) is 0.856. The molecule has 2 heteroatoms. The number of carbonyl (C=O) groups excluding carboxylic acids is 1. The molecule has 2 rings (SSSR count). The molecule has 1 aromatic carbocycles. The van der Waals surface area contributed by atoms with Crippen LogP contribution < -0.4 is 0 Å². The van der Waals surface area contributed by atoms with E-state index in [0.717, 1.165) is 6.42 Å². The monoisotopic (exact) mass is 228 g/mol. The van der Waals surface area contributed by atoms with Crippen molar-refractivity contribution in [3.05, 3.63) is 59.5 Å². The van der Waals surface area contributed by atoms with Gasteiger partial charge in [-0.25, -0.2) is 0 Å². The van der Waals surface area contributed by atoms with Gasteiger partial charge < -0.3 is 4.42 Å². The third kappa shape index (κ3) is 2.47. The maximum absolute atomic E-state index is 12.0. The second-order valence-corrected chi connectivity index (χ2v) is 4.24. The average molecular weight is 228 g/mol. The van der Waals surface area contributed by atoms with Crippen LogP contribution in [0.25, 0.3) is 0 Å². The molecule has 0 aliphatic rings. The molecule has 17 heavy (non-hydrogen) atoms. The Morgan fingerprint density at radius 2 is 1.94 bits per heavy atom. The minimum Gasteiger partial charge on any atom is -0.461 e. The summed E-state index contributed by atoms with van der Waals surface area (Å²) in [6.07, 6.45) is 2.62. The van der Waals surface area contributed by atoms with Gasteiger partial charge in [-0.3, -0.25) is 4.79 Å². The molecule has 0 saturated carbocycles. The van der Waals surface area contributed by atoms with Gasteiger partial charge >= 0.3 is 0 Å². The normalized spacial score (nSPS) is 12.4. The Hall–Kier alpha value is -1.83. The Balaban J connectivity index is 2.21. The van der Waals surface area contributed by atoms with Crippen LogP contribution >= 0.6 is 0 Å². The first-order chi connectivity index (χ1) is 8.22. The molecular formula is C15H16O2. The van der Waals surface area contributed by atoms with Crippen LogP contribution in [0.3, 0.4) is 0 Å². The topological polar surface area (TPSA) is 30.2 Å². The SMILES string of the molecule is CCC(C)c1ccc(C(=O)c2ccco2)cc1. The summed E-state index contributed by atoms with van der Waals surface area (Å²) in [7, 11) is 0. The molecule has 0 fully saturated rings. The van der Waals surface area contributed by atoms with Crippen molar-refractivity contribution in [1.29, 1.82) is 0 Å². The highest BCUT2D eigenvalue weighted by Crippen LogP contribution is 2.20. The molecule has 0 aliphatic carbocycles. The molecule has 0 saturated heterocycles. The van der Waals surface area contributed by atoms with Crippen LogP contribution in [0.2, 0.25) is 0 Å². The summed E-state index contributed by atoms with van der Waals surface area (Å²) < 4.78 is 5.10. The predicted molar refractivity (Wildman–Crippen MR) is 67.3 cm³/mol. The molecule has 0 bridgehead atoms. The minimum absolute atomic E-state index is 0.0642. The van der Waals surface area contributed by atoms with Crippen molar-refractivity contribution in [2.24, 2.45) is 0 Å². The lowest BCUT2D eigenvalue weighted by Gasteiger charge is -2.08. The van der Waals surface area contributed by atoms with Gasteiger partial charge in [0.05, 0.1) is 6.26 Å². The van der Waals surface area contributed by atoms with Gasteiger partial charge in [0.25, 0.3) is 0 Å². The highest BCUT2D eigenvalue weighted by Gasteiger charge is 2.12. The van der Waals surface area contributed by atoms with Crippen LogP contribution in [0.5, 0.6) is 0 Å². The summed E-state index contributed by atoms with van der Waals surface area (Å²) in [6, 6.07) is 11.2. The van der Waals surface area contributed by atoms with Gasteiger partial charge in [0.2, 0.25) is 5.78 Å². The predicted octanol–water partition coefficient (Wildman–Crippen LogP) is 4.02. The number of hydrogen-bond acceptors (Lipinski definition) is 2. The van der Waals surface area contributed by atoms with Gasteiger partial charge in [0, 0.05) is 5.56 Å². The standard InChI is InChI=1S/C15H16O2/c1-3-11(2)12-6-8-13(9-7-12)15(16)14-5-4-10-17-14/h4-11H,3H2,1-2H3. The summed E-state index contributed by atoms with van der Waals surface area (Å²) in [6.45, 7) is 4.34. The molecule has 1 heterocycles. The van der Waals surface area contributed by atoms with Gasteiger partial charge in [-0.15, -0.1) is 0 Å². The lowest BCUT2D eigenvalue weighted by atomic mass is 9.96. The van der Waals surface area contributed by atoms with E-state index in [1.807, 2.05) is 24.3 Å². The minimum atomic E-state index is -0.0642. The summed E-state index contributed by atoms with van der Waals surface area (Å²) in [5.41, 5.74) is 1.94. The zero-order valence-corrected chi connectivity index (χ0v) is 10.1. The van der Waals surface area contributed by atoms with E-state index in [1.165, 1.54) is 11.8 Å². The van der Waals surface area contributed by atoms with E-state index in [4.69, 9.17) is 4.42 Å². The first kappa shape index (κ1) is 11.6. The van der Waals surface area contributed by atoms with Gasteiger partial charge in [-0.05, 0) is 30.0 Å². The number of rotatable bonds is 4. The Kier molecular flexibility index (Phi) is 3.43. The van der Waals surface area contributed by atoms with Gasteiger partial charge in [0.15, 0.2) is 5.76 Å². The fraction of sp³-hybridized carbons (Fsp3) is 0.267. The van der Waals surface area contributed by atoms with E-state index >= 15 is 0 Å². The molecule has 1 atom stereocenters. The number of ketones is 1. The smallest absolute Gasteiger partial charge is 0.228 e. The highest BCUT2D eigenvalue weighted by atomic mass is 16.3. The molecular weight excluding hydrogens is 212 g/mol. The van der Waals surface area contributed by atoms with Crippen LogP contribution in [-0.4, -0.2) is 5.78 Å². The van der Waals surface area contributed by atoms with Crippen molar-refractivity contribution in [3.63, 3.8) is 0 Å². The van der Waals surface area contributed by atoms with E-state index in [9.17, 15) is 4.79 Å². The van der Waals surface area contributed by atoms with Crippen molar-refractivity contribution in [1.82, 2.24) is 0 Å². The van der Waals surface area contributed by atoms with E-state index < -0.39 is 0 Å². The van der Waals surface area contributed by atoms with E-state index in [2.05, 4.69) is 13.8 Å². The van der Waals surface area contributed by atoms with Gasteiger partial charge in [-0.1, -0.05) is 38.1 Å². The van der Waals surface area contributed by atoms with Crippen LogP contribution in [0.15, 0.2) is 47.1 Å². The maximum atomic E-state index is 12.0. The fourth-order valence-electron chi connectivity index (χ4n) is 1.75. The van der Waals surface area contributed by atoms with Crippen molar-refractivity contribution in [2.75, 3.05) is 0 Å². The van der Waals surface area contributed by atoms with Gasteiger partial charge in [-0.2, -0.15) is 0 Å². The van der Waals surface area contributed by atoms with Crippen molar-refractivity contribution in [2.45, 2.75) is 26.2 Å². The molecule has 0 aliphatic heterocycles. The Morgan fingerprint density at radius 1 is 1.24 bits per heavy atom. The second-order valence-electron chi connectivity index (χ2n) is 4.24. The second kappa shape index (κ2) is 5.00. The first-order valence-electron chi connectivity index (χ1n) is 5.90. The van der Waals surface area contributed by atoms with Crippen molar-refractivity contribution < 1.29 is 9.21 Å². The van der Waals surface area contributed by atoms with E-state index in [-0.39, 0.29) is 5.78 Å². The van der Waals surface area contributed by atoms with E-state index in [1.54, 1.807) is 12.1 Å². The van der Waals surface area contributed by atoms with Crippen molar-refractivity contribution in [3.8, 4) is 0 Å². The number of furan rings is 1. The quantitative estimate of drug-likeness (QED) is 0.740. The van der Waals surface area contributed by atoms with Crippen LogP contribution in [-0.2, 0) is 0 Å². The van der Waals surface area contributed by atoms with Crippen LogP contribution in [0.1, 0.15) is 47.9 Å². The third-order valence-electron chi connectivity index (χ3n) is 3.10. The number of hydrogen-bond donors (Lipinski definition) is 0. The molecule has 2 aromatic rings. The molecule has 1 unspecified atom stereocenters. The molecule has 2 nitrogen and oxygen atoms in total. The number of benzene rings is 1. The zero-order valence-electron chi connectivity index (χ0n) is 10.1.